The molecule has 1 aliphatic heterocycles. The summed E-state index contributed by atoms with van der Waals surface area (Å²) in [5, 5.41) is 2.26. The fourth-order valence-electron chi connectivity index (χ4n) is 0.413. The largest absolute Gasteiger partial charge is 0.369 e. The number of amides is 1. The summed E-state index contributed by atoms with van der Waals surface area (Å²) < 4.78 is 0. The highest BCUT2D eigenvalue weighted by Gasteiger charge is 2.13. The zero-order chi connectivity index (χ0) is 6.15. The maximum Gasteiger partial charge on any atom is 0.276 e. The van der Waals surface area contributed by atoms with Crippen LogP contribution in [0.3, 0.4) is 0 Å². The predicted octanol–water partition coefficient (Wildman–Crippen LogP) is -1.06. The third kappa shape index (κ3) is 0.556. The van der Waals surface area contributed by atoms with Gasteiger partial charge < -0.3 is 5.73 Å². The molecule has 0 radical (unpaired) electrons. The first-order valence-corrected chi connectivity index (χ1v) is 2.04. The second-order valence-electron chi connectivity index (χ2n) is 1.40. The molecule has 0 aromatic carbocycles. The van der Waals surface area contributed by atoms with Gasteiger partial charge in [-0.05, 0) is 0 Å². The molecule has 0 bridgehead atoms. The van der Waals surface area contributed by atoms with Gasteiger partial charge in [-0.3, -0.25) is 10.1 Å². The van der Waals surface area contributed by atoms with Gasteiger partial charge in [0, 0.05) is 0 Å². The van der Waals surface area contributed by atoms with E-state index in [1.807, 2.05) is 0 Å². The summed E-state index contributed by atoms with van der Waals surface area (Å²) in [5.41, 5.74) is 5.24. The first-order chi connectivity index (χ1) is 3.70. The molecule has 0 atom stereocenters. The van der Waals surface area contributed by atoms with Crippen molar-refractivity contribution in [2.45, 2.75) is 0 Å². The van der Waals surface area contributed by atoms with E-state index >= 15 is 0 Å². The smallest absolute Gasteiger partial charge is 0.276 e. The molecule has 0 saturated carbocycles. The van der Waals surface area contributed by atoms with Crippen LogP contribution in [-0.2, 0) is 4.79 Å². The van der Waals surface area contributed by atoms with Gasteiger partial charge in [0.1, 0.15) is 5.70 Å². The van der Waals surface area contributed by atoms with Gasteiger partial charge in [0.2, 0.25) is 5.96 Å². The maximum absolute atomic E-state index is 10.4. The Hall–Kier alpha value is -1.32. The standard InChI is InChI=1S/C4H5N3O/c1-2-3(8)7-4(5)6-2/h1H2,(H3,5,6,7,8). The molecule has 0 aromatic heterocycles. The van der Waals surface area contributed by atoms with E-state index in [4.69, 9.17) is 5.73 Å². The summed E-state index contributed by atoms with van der Waals surface area (Å²) in [6, 6.07) is 0. The van der Waals surface area contributed by atoms with Gasteiger partial charge in [-0.2, -0.15) is 0 Å². The first kappa shape index (κ1) is 4.83. The Kier molecular flexibility index (Phi) is 0.802. The number of aliphatic imine (C=N–C) groups is 1. The Labute approximate surface area is 46.1 Å². The van der Waals surface area contributed by atoms with Crippen molar-refractivity contribution < 1.29 is 4.79 Å². The van der Waals surface area contributed by atoms with Gasteiger partial charge in [0.05, 0.1) is 0 Å². The molecular formula is C4H5N3O. The van der Waals surface area contributed by atoms with Crippen LogP contribution >= 0.6 is 0 Å². The Bertz CT molecular complexity index is 182. The molecule has 0 saturated heterocycles. The highest BCUT2D eigenvalue weighted by atomic mass is 16.2. The highest BCUT2D eigenvalue weighted by Crippen LogP contribution is 1.96. The molecule has 0 unspecified atom stereocenters. The van der Waals surface area contributed by atoms with Crippen molar-refractivity contribution >= 4 is 11.9 Å². The van der Waals surface area contributed by atoms with Crippen molar-refractivity contribution in [3.63, 3.8) is 0 Å². The molecule has 1 amide bonds. The fraction of sp³-hybridized carbons (Fsp3) is 0. The second kappa shape index (κ2) is 1.33. The number of guanidine groups is 1. The number of hydrogen-bond donors (Lipinski definition) is 2. The van der Waals surface area contributed by atoms with Crippen molar-refractivity contribution in [1.82, 2.24) is 5.32 Å². The van der Waals surface area contributed by atoms with Crippen LogP contribution in [-0.4, -0.2) is 11.9 Å². The maximum atomic E-state index is 10.4. The Morgan fingerprint density at radius 1 is 1.75 bits per heavy atom. The Morgan fingerprint density at radius 2 is 2.38 bits per heavy atom. The van der Waals surface area contributed by atoms with Crippen LogP contribution in [0.2, 0.25) is 0 Å². The molecule has 42 valence electrons. The van der Waals surface area contributed by atoms with Gasteiger partial charge in [-0.1, -0.05) is 6.58 Å². The zero-order valence-electron chi connectivity index (χ0n) is 4.14. The minimum absolute atomic E-state index is 0.125. The minimum atomic E-state index is -0.317. The predicted molar refractivity (Wildman–Crippen MR) is 28.9 cm³/mol. The lowest BCUT2D eigenvalue weighted by atomic mass is 10.5. The Balaban J connectivity index is 2.85. The molecule has 4 heteroatoms. The van der Waals surface area contributed by atoms with Gasteiger partial charge in [0.15, 0.2) is 0 Å². The molecule has 4 nitrogen and oxygen atoms in total. The van der Waals surface area contributed by atoms with Gasteiger partial charge in [-0.15, -0.1) is 0 Å². The number of rotatable bonds is 0. The average molecular weight is 111 g/mol. The second-order valence-corrected chi connectivity index (χ2v) is 1.40. The van der Waals surface area contributed by atoms with Crippen molar-refractivity contribution in [3.05, 3.63) is 12.3 Å². The van der Waals surface area contributed by atoms with Crippen LogP contribution in [0.4, 0.5) is 0 Å². The lowest BCUT2D eigenvalue weighted by Crippen LogP contribution is -2.30. The number of nitrogens with zero attached hydrogens (tertiary/aromatic N) is 1. The van der Waals surface area contributed by atoms with Crippen LogP contribution in [0.5, 0.6) is 0 Å². The fourth-order valence-corrected chi connectivity index (χ4v) is 0.413. The molecule has 1 rings (SSSR count). The average Bonchev–Trinajstić information content (AvgIpc) is 1.85. The molecule has 0 spiro atoms. The third-order valence-electron chi connectivity index (χ3n) is 0.759. The van der Waals surface area contributed by atoms with E-state index in [2.05, 4.69) is 16.9 Å². The quantitative estimate of drug-likeness (QED) is 0.391. The Morgan fingerprint density at radius 3 is 2.50 bits per heavy atom. The first-order valence-electron chi connectivity index (χ1n) is 2.04. The number of nitrogens with one attached hydrogen (secondary N) is 1. The van der Waals surface area contributed by atoms with Crippen molar-refractivity contribution in [2.75, 3.05) is 0 Å². The minimum Gasteiger partial charge on any atom is -0.369 e. The number of nitrogens with two attached hydrogens (primary N) is 1. The van der Waals surface area contributed by atoms with E-state index in [9.17, 15) is 4.79 Å². The molecule has 0 aliphatic carbocycles. The summed E-state index contributed by atoms with van der Waals surface area (Å²) in [7, 11) is 0. The number of carbonyl (C=O) groups is 1. The van der Waals surface area contributed by atoms with Gasteiger partial charge >= 0.3 is 0 Å². The monoisotopic (exact) mass is 111 g/mol. The summed E-state index contributed by atoms with van der Waals surface area (Å²) in [6.45, 7) is 3.31. The molecule has 1 aliphatic rings. The summed E-state index contributed by atoms with van der Waals surface area (Å²) in [5.74, 6) is -0.192. The van der Waals surface area contributed by atoms with Gasteiger partial charge in [0.25, 0.3) is 5.91 Å². The molecule has 1 heterocycles. The topological polar surface area (TPSA) is 67.5 Å². The van der Waals surface area contributed by atoms with E-state index in [0.29, 0.717) is 0 Å². The lowest BCUT2D eigenvalue weighted by Gasteiger charge is -1.85. The number of hydrogen-bond acceptors (Lipinski definition) is 3. The molecule has 3 N–H and O–H groups in total. The van der Waals surface area contributed by atoms with Crippen molar-refractivity contribution in [2.24, 2.45) is 10.7 Å². The van der Waals surface area contributed by atoms with E-state index in [-0.39, 0.29) is 17.6 Å². The normalized spacial score (nSPS) is 18.2. The van der Waals surface area contributed by atoms with Crippen LogP contribution in [0, 0.1) is 0 Å². The van der Waals surface area contributed by atoms with Crippen LogP contribution in [0.15, 0.2) is 17.3 Å². The van der Waals surface area contributed by atoms with Crippen LogP contribution in [0.1, 0.15) is 0 Å². The van der Waals surface area contributed by atoms with E-state index in [1.165, 1.54) is 0 Å². The van der Waals surface area contributed by atoms with Crippen LogP contribution < -0.4 is 11.1 Å². The van der Waals surface area contributed by atoms with E-state index in [0.717, 1.165) is 0 Å². The van der Waals surface area contributed by atoms with E-state index in [1.54, 1.807) is 0 Å². The SMILES string of the molecule is C=C1N=C(N)NC1=O. The molecule has 0 aromatic rings. The number of carbonyl (C=O) groups excluding carboxylic acids is 1. The molecular weight excluding hydrogens is 106 g/mol. The highest BCUT2D eigenvalue weighted by molar-refractivity contribution is 6.10. The molecule has 0 fully saturated rings. The zero-order valence-corrected chi connectivity index (χ0v) is 4.14. The summed E-state index contributed by atoms with van der Waals surface area (Å²) in [6.07, 6.45) is 0. The van der Waals surface area contributed by atoms with Crippen LogP contribution in [0.25, 0.3) is 0 Å². The van der Waals surface area contributed by atoms with Crippen molar-refractivity contribution in [3.8, 4) is 0 Å². The lowest BCUT2D eigenvalue weighted by molar-refractivity contribution is -0.115. The summed E-state index contributed by atoms with van der Waals surface area (Å²) in [4.78, 5) is 13.9. The van der Waals surface area contributed by atoms with Gasteiger partial charge in [-0.25, -0.2) is 4.99 Å². The van der Waals surface area contributed by atoms with E-state index < -0.39 is 0 Å². The summed E-state index contributed by atoms with van der Waals surface area (Å²) >= 11 is 0. The molecule has 8 heavy (non-hydrogen) atoms. The third-order valence-corrected chi connectivity index (χ3v) is 0.759. The van der Waals surface area contributed by atoms with Crippen molar-refractivity contribution in [1.29, 1.82) is 0 Å².